The van der Waals surface area contributed by atoms with E-state index in [4.69, 9.17) is 5.73 Å². The van der Waals surface area contributed by atoms with Crippen LogP contribution < -0.4 is 5.73 Å². The molecule has 1 unspecified atom stereocenters. The summed E-state index contributed by atoms with van der Waals surface area (Å²) in [6.45, 7) is 0. The van der Waals surface area contributed by atoms with Gasteiger partial charge in [-0.05, 0) is 28.1 Å². The van der Waals surface area contributed by atoms with Crippen LogP contribution in [0.25, 0.3) is 0 Å². The molecule has 80 valence electrons. The zero-order chi connectivity index (χ0) is 10.8. The van der Waals surface area contributed by atoms with Crippen LogP contribution in [0.5, 0.6) is 0 Å². The molecule has 2 aromatic heterocycles. The van der Waals surface area contributed by atoms with E-state index in [1.807, 2.05) is 12.1 Å². The van der Waals surface area contributed by atoms with E-state index in [1.165, 1.54) is 0 Å². The molecule has 15 heavy (non-hydrogen) atoms. The molecule has 0 saturated heterocycles. The number of hydrogen-bond donors (Lipinski definition) is 3. The fourth-order valence-corrected chi connectivity index (χ4v) is 2.85. The maximum Gasteiger partial charge on any atom is 0.124 e. The lowest BCUT2D eigenvalue weighted by Crippen LogP contribution is -2.02. The number of nitrogens with one attached hydrogen (secondary N) is 1. The molecule has 2 heterocycles. The van der Waals surface area contributed by atoms with Crippen LogP contribution in [0.4, 0.5) is 5.82 Å². The van der Waals surface area contributed by atoms with Gasteiger partial charge in [0.2, 0.25) is 0 Å². The van der Waals surface area contributed by atoms with E-state index in [-0.39, 0.29) is 0 Å². The number of anilines is 1. The van der Waals surface area contributed by atoms with Gasteiger partial charge in [-0.25, -0.2) is 0 Å². The first-order valence-electron chi connectivity index (χ1n) is 4.38. The van der Waals surface area contributed by atoms with Gasteiger partial charge in [-0.2, -0.15) is 5.10 Å². The van der Waals surface area contributed by atoms with E-state index in [0.717, 1.165) is 8.66 Å². The summed E-state index contributed by atoms with van der Waals surface area (Å²) >= 11 is 4.98. The topological polar surface area (TPSA) is 74.9 Å². The number of nitrogen functional groups attached to an aromatic ring is 1. The standard InChI is InChI=1S/C9H10BrN3OS/c10-8-2-1-5(15-8)3-7(14)6-4-12-13-9(6)11/h1-2,4,7,14H,3H2,(H3,11,12,13). The van der Waals surface area contributed by atoms with Gasteiger partial charge in [0.15, 0.2) is 0 Å². The van der Waals surface area contributed by atoms with E-state index in [9.17, 15) is 5.11 Å². The number of aliphatic hydroxyl groups is 1. The van der Waals surface area contributed by atoms with Crippen LogP contribution in [-0.4, -0.2) is 15.3 Å². The van der Waals surface area contributed by atoms with E-state index in [2.05, 4.69) is 26.1 Å². The molecular weight excluding hydrogens is 278 g/mol. The Morgan fingerprint density at radius 3 is 2.93 bits per heavy atom. The lowest BCUT2D eigenvalue weighted by Gasteiger charge is -2.07. The van der Waals surface area contributed by atoms with Crippen molar-refractivity contribution < 1.29 is 5.11 Å². The Balaban J connectivity index is 2.10. The van der Waals surface area contributed by atoms with Crippen molar-refractivity contribution in [3.63, 3.8) is 0 Å². The lowest BCUT2D eigenvalue weighted by atomic mass is 10.1. The average Bonchev–Trinajstić information content (AvgIpc) is 2.75. The molecule has 0 bridgehead atoms. The first-order chi connectivity index (χ1) is 7.16. The molecule has 0 amide bonds. The van der Waals surface area contributed by atoms with Gasteiger partial charge in [-0.1, -0.05) is 0 Å². The molecule has 0 radical (unpaired) electrons. The van der Waals surface area contributed by atoms with Crippen molar-refractivity contribution in [1.82, 2.24) is 10.2 Å². The van der Waals surface area contributed by atoms with Gasteiger partial charge in [0, 0.05) is 16.9 Å². The van der Waals surface area contributed by atoms with Crippen molar-refractivity contribution in [2.24, 2.45) is 0 Å². The minimum absolute atomic E-state index is 0.429. The Kier molecular flexibility index (Phi) is 3.08. The van der Waals surface area contributed by atoms with Gasteiger partial charge >= 0.3 is 0 Å². The minimum Gasteiger partial charge on any atom is -0.388 e. The Morgan fingerprint density at radius 1 is 1.60 bits per heavy atom. The second-order valence-corrected chi connectivity index (χ2v) is 5.71. The Hall–Kier alpha value is -0.850. The van der Waals surface area contributed by atoms with Gasteiger partial charge in [-0.3, -0.25) is 5.10 Å². The first-order valence-corrected chi connectivity index (χ1v) is 5.99. The molecule has 4 N–H and O–H groups in total. The van der Waals surface area contributed by atoms with Crippen LogP contribution in [0.15, 0.2) is 22.1 Å². The molecular formula is C9H10BrN3OS. The number of hydrogen-bond acceptors (Lipinski definition) is 4. The summed E-state index contributed by atoms with van der Waals surface area (Å²) in [5.41, 5.74) is 6.27. The first kappa shape index (κ1) is 10.7. The van der Waals surface area contributed by atoms with Gasteiger partial charge in [-0.15, -0.1) is 11.3 Å². The van der Waals surface area contributed by atoms with E-state index < -0.39 is 6.10 Å². The number of H-pyrrole nitrogens is 1. The highest BCUT2D eigenvalue weighted by molar-refractivity contribution is 9.11. The van der Waals surface area contributed by atoms with Crippen LogP contribution in [-0.2, 0) is 6.42 Å². The second-order valence-electron chi connectivity index (χ2n) is 3.16. The monoisotopic (exact) mass is 287 g/mol. The number of nitrogens with zero attached hydrogens (tertiary/aromatic N) is 1. The smallest absolute Gasteiger partial charge is 0.124 e. The molecule has 0 aliphatic carbocycles. The third-order valence-corrected chi connectivity index (χ3v) is 3.73. The molecule has 0 aromatic carbocycles. The highest BCUT2D eigenvalue weighted by atomic mass is 79.9. The van der Waals surface area contributed by atoms with Gasteiger partial charge < -0.3 is 10.8 Å². The van der Waals surface area contributed by atoms with Crippen LogP contribution in [0.1, 0.15) is 16.5 Å². The number of nitrogens with two attached hydrogens (primary N) is 1. The normalized spacial score (nSPS) is 12.9. The zero-order valence-electron chi connectivity index (χ0n) is 7.77. The lowest BCUT2D eigenvalue weighted by molar-refractivity contribution is 0.180. The summed E-state index contributed by atoms with van der Waals surface area (Å²) in [6.07, 6.45) is 1.51. The van der Waals surface area contributed by atoms with Crippen molar-refractivity contribution in [2.75, 3.05) is 5.73 Å². The molecule has 0 aliphatic rings. The zero-order valence-corrected chi connectivity index (χ0v) is 10.2. The van der Waals surface area contributed by atoms with Gasteiger partial charge in [0.25, 0.3) is 0 Å². The molecule has 4 nitrogen and oxygen atoms in total. The maximum atomic E-state index is 9.90. The van der Waals surface area contributed by atoms with Crippen LogP contribution >= 0.6 is 27.3 Å². The number of aromatic nitrogens is 2. The van der Waals surface area contributed by atoms with Crippen molar-refractivity contribution in [3.8, 4) is 0 Å². The van der Waals surface area contributed by atoms with Crippen LogP contribution in [0.3, 0.4) is 0 Å². The highest BCUT2D eigenvalue weighted by Crippen LogP contribution is 2.28. The fraction of sp³-hybridized carbons (Fsp3) is 0.222. The second kappa shape index (κ2) is 4.34. The summed E-state index contributed by atoms with van der Waals surface area (Å²) in [6, 6.07) is 3.94. The van der Waals surface area contributed by atoms with E-state index in [0.29, 0.717) is 17.8 Å². The average molecular weight is 288 g/mol. The number of halogens is 1. The van der Waals surface area contributed by atoms with Crippen molar-refractivity contribution in [2.45, 2.75) is 12.5 Å². The summed E-state index contributed by atoms with van der Waals surface area (Å²) < 4.78 is 1.06. The predicted molar refractivity (Wildman–Crippen MR) is 63.7 cm³/mol. The minimum atomic E-state index is -0.603. The van der Waals surface area contributed by atoms with E-state index >= 15 is 0 Å². The number of aliphatic hydroxyl groups excluding tert-OH is 1. The quantitative estimate of drug-likeness (QED) is 0.809. The summed E-state index contributed by atoms with van der Waals surface area (Å²) in [5.74, 6) is 0.429. The molecule has 2 aromatic rings. The SMILES string of the molecule is Nc1[nH]ncc1C(O)Cc1ccc(Br)s1. The van der Waals surface area contributed by atoms with Crippen LogP contribution in [0, 0.1) is 0 Å². The van der Waals surface area contributed by atoms with E-state index in [1.54, 1.807) is 17.5 Å². The van der Waals surface area contributed by atoms with Crippen molar-refractivity contribution in [1.29, 1.82) is 0 Å². The fourth-order valence-electron chi connectivity index (χ4n) is 1.33. The largest absolute Gasteiger partial charge is 0.388 e. The summed E-state index contributed by atoms with van der Waals surface area (Å²) in [7, 11) is 0. The Morgan fingerprint density at radius 2 is 2.40 bits per heavy atom. The maximum absolute atomic E-state index is 9.90. The molecule has 6 heteroatoms. The third-order valence-electron chi connectivity index (χ3n) is 2.08. The summed E-state index contributed by atoms with van der Waals surface area (Å²) in [4.78, 5) is 1.11. The van der Waals surface area contributed by atoms with Gasteiger partial charge in [0.1, 0.15) is 5.82 Å². The molecule has 0 fully saturated rings. The highest BCUT2D eigenvalue weighted by Gasteiger charge is 2.14. The van der Waals surface area contributed by atoms with Crippen LogP contribution in [0.2, 0.25) is 0 Å². The van der Waals surface area contributed by atoms with Gasteiger partial charge in [0.05, 0.1) is 16.1 Å². The Bertz CT molecular complexity index is 454. The Labute approximate surface area is 99.3 Å². The molecule has 2 rings (SSSR count). The number of thiophene rings is 1. The summed E-state index contributed by atoms with van der Waals surface area (Å²) in [5, 5.41) is 16.3. The predicted octanol–water partition coefficient (Wildman–Crippen LogP) is 2.09. The van der Waals surface area contributed by atoms with Crippen molar-refractivity contribution in [3.05, 3.63) is 32.6 Å². The third kappa shape index (κ3) is 2.39. The molecule has 0 aliphatic heterocycles. The van der Waals surface area contributed by atoms with Crippen molar-refractivity contribution >= 4 is 33.1 Å². The molecule has 0 saturated carbocycles. The molecule has 0 spiro atoms. The number of aromatic amines is 1. The number of rotatable bonds is 3. The molecule has 1 atom stereocenters.